The zero-order valence-electron chi connectivity index (χ0n) is 10.9. The average molecular weight is 284 g/mol. The highest BCUT2D eigenvalue weighted by Crippen LogP contribution is 2.37. The first-order valence-electron chi connectivity index (χ1n) is 6.23. The number of benzene rings is 2. The summed E-state index contributed by atoms with van der Waals surface area (Å²) in [7, 11) is 0. The molecule has 3 rings (SSSR count). The van der Waals surface area contributed by atoms with Crippen LogP contribution in [0.25, 0.3) is 21.8 Å². The molecule has 20 heavy (non-hydrogen) atoms. The molecule has 0 aliphatic rings. The summed E-state index contributed by atoms with van der Waals surface area (Å²) < 4.78 is 13.4. The van der Waals surface area contributed by atoms with E-state index in [2.05, 4.69) is 4.98 Å². The minimum absolute atomic E-state index is 0.278. The first kappa shape index (κ1) is 12.8. The average Bonchev–Trinajstić information content (AvgIpc) is 2.84. The summed E-state index contributed by atoms with van der Waals surface area (Å²) in [5.74, 6) is -0.278. The molecule has 2 N–H and O–H groups in total. The molecule has 0 amide bonds. The second kappa shape index (κ2) is 5.06. The fourth-order valence-corrected chi connectivity index (χ4v) is 2.93. The molecule has 0 saturated carbocycles. The molecule has 3 aromatic rings. The number of hydrogen-bond acceptors (Lipinski definition) is 3. The molecular weight excluding hydrogens is 271 g/mol. The van der Waals surface area contributed by atoms with Crippen molar-refractivity contribution < 1.29 is 4.39 Å². The minimum atomic E-state index is -0.278. The van der Waals surface area contributed by atoms with E-state index in [1.165, 1.54) is 23.5 Å². The molecular formula is C16H13FN2S. The fraction of sp³-hybridized carbons (Fsp3) is 0.0625. The van der Waals surface area contributed by atoms with Gasteiger partial charge in [0.05, 0.1) is 0 Å². The zero-order valence-corrected chi connectivity index (χ0v) is 11.7. The molecule has 0 aliphatic heterocycles. The SMILES string of the molecule is Cc1ccc(F)cc1-c1nc(-c2ccccc2)sc1N. The third-order valence-corrected chi connectivity index (χ3v) is 4.06. The molecule has 4 heteroatoms. The van der Waals surface area contributed by atoms with Gasteiger partial charge in [0, 0.05) is 11.1 Å². The van der Waals surface area contributed by atoms with E-state index < -0.39 is 0 Å². The number of anilines is 1. The molecule has 100 valence electrons. The Morgan fingerprint density at radius 2 is 1.85 bits per heavy atom. The molecule has 1 aromatic heterocycles. The van der Waals surface area contributed by atoms with Crippen molar-refractivity contribution in [2.45, 2.75) is 6.92 Å². The second-order valence-electron chi connectivity index (χ2n) is 4.56. The zero-order chi connectivity index (χ0) is 14.1. The first-order valence-corrected chi connectivity index (χ1v) is 7.05. The number of nitrogens with zero attached hydrogens (tertiary/aromatic N) is 1. The predicted octanol–water partition coefficient (Wildman–Crippen LogP) is 4.51. The molecule has 2 nitrogen and oxygen atoms in total. The summed E-state index contributed by atoms with van der Waals surface area (Å²) in [4.78, 5) is 4.58. The lowest BCUT2D eigenvalue weighted by Gasteiger charge is -2.03. The number of aromatic nitrogens is 1. The number of nitrogen functional groups attached to an aromatic ring is 1. The van der Waals surface area contributed by atoms with Crippen molar-refractivity contribution in [1.29, 1.82) is 0 Å². The van der Waals surface area contributed by atoms with Gasteiger partial charge in [-0.1, -0.05) is 47.7 Å². The summed E-state index contributed by atoms with van der Waals surface area (Å²) >= 11 is 1.42. The van der Waals surface area contributed by atoms with Gasteiger partial charge in [0.1, 0.15) is 21.5 Å². The largest absolute Gasteiger partial charge is 0.389 e. The molecule has 0 fully saturated rings. The van der Waals surface area contributed by atoms with E-state index in [0.29, 0.717) is 10.7 Å². The van der Waals surface area contributed by atoms with Crippen LogP contribution >= 0.6 is 11.3 Å². The Labute approximate surface area is 120 Å². The molecule has 0 bridgehead atoms. The van der Waals surface area contributed by atoms with Gasteiger partial charge in [0.2, 0.25) is 0 Å². The Morgan fingerprint density at radius 1 is 1.10 bits per heavy atom. The Kier molecular flexibility index (Phi) is 3.24. The Hall–Kier alpha value is -2.20. The van der Waals surface area contributed by atoms with Crippen LogP contribution in [0.15, 0.2) is 48.5 Å². The molecule has 0 atom stereocenters. The van der Waals surface area contributed by atoms with Crippen LogP contribution in [0.2, 0.25) is 0 Å². The molecule has 2 aromatic carbocycles. The number of aryl methyl sites for hydroxylation is 1. The monoisotopic (exact) mass is 284 g/mol. The summed E-state index contributed by atoms with van der Waals surface area (Å²) in [6, 6.07) is 14.5. The van der Waals surface area contributed by atoms with E-state index in [1.54, 1.807) is 6.07 Å². The van der Waals surface area contributed by atoms with Gasteiger partial charge in [-0.25, -0.2) is 9.37 Å². The molecule has 0 saturated heterocycles. The van der Waals surface area contributed by atoms with E-state index in [-0.39, 0.29) is 5.82 Å². The van der Waals surface area contributed by atoms with Gasteiger partial charge in [-0.15, -0.1) is 0 Å². The van der Waals surface area contributed by atoms with E-state index in [9.17, 15) is 4.39 Å². The van der Waals surface area contributed by atoms with Crippen molar-refractivity contribution in [1.82, 2.24) is 4.98 Å². The van der Waals surface area contributed by atoms with Crippen LogP contribution in [0.3, 0.4) is 0 Å². The van der Waals surface area contributed by atoms with E-state index >= 15 is 0 Å². The van der Waals surface area contributed by atoms with Crippen LogP contribution in [0, 0.1) is 12.7 Å². The van der Waals surface area contributed by atoms with E-state index in [0.717, 1.165) is 21.7 Å². The van der Waals surface area contributed by atoms with Gasteiger partial charge in [-0.05, 0) is 24.6 Å². The van der Waals surface area contributed by atoms with Crippen LogP contribution in [0.1, 0.15) is 5.56 Å². The Morgan fingerprint density at radius 3 is 2.60 bits per heavy atom. The lowest BCUT2D eigenvalue weighted by Crippen LogP contribution is -1.90. The van der Waals surface area contributed by atoms with E-state index in [1.807, 2.05) is 37.3 Å². The predicted molar refractivity (Wildman–Crippen MR) is 82.1 cm³/mol. The molecule has 1 heterocycles. The van der Waals surface area contributed by atoms with Gasteiger partial charge in [-0.3, -0.25) is 0 Å². The summed E-state index contributed by atoms with van der Waals surface area (Å²) in [6.07, 6.45) is 0. The molecule has 0 aliphatic carbocycles. The summed E-state index contributed by atoms with van der Waals surface area (Å²) in [6.45, 7) is 1.93. The lowest BCUT2D eigenvalue weighted by atomic mass is 10.1. The third kappa shape index (κ3) is 2.30. The van der Waals surface area contributed by atoms with Crippen molar-refractivity contribution >= 4 is 16.3 Å². The summed E-state index contributed by atoms with van der Waals surface area (Å²) in [5, 5.41) is 1.46. The Balaban J connectivity index is 2.12. The highest BCUT2D eigenvalue weighted by Gasteiger charge is 2.14. The standard InChI is InChI=1S/C16H13FN2S/c1-10-7-8-12(17)9-13(10)14-15(18)20-16(19-14)11-5-3-2-4-6-11/h2-9H,18H2,1H3. The topological polar surface area (TPSA) is 38.9 Å². The van der Waals surface area contributed by atoms with Gasteiger partial charge in [-0.2, -0.15) is 0 Å². The van der Waals surface area contributed by atoms with Gasteiger partial charge in [0.15, 0.2) is 0 Å². The lowest BCUT2D eigenvalue weighted by molar-refractivity contribution is 0.628. The maximum Gasteiger partial charge on any atom is 0.126 e. The van der Waals surface area contributed by atoms with Crippen LogP contribution in [-0.4, -0.2) is 4.98 Å². The maximum atomic E-state index is 13.4. The van der Waals surface area contributed by atoms with Crippen LogP contribution in [0.5, 0.6) is 0 Å². The third-order valence-electron chi connectivity index (χ3n) is 3.13. The van der Waals surface area contributed by atoms with Crippen molar-refractivity contribution in [2.24, 2.45) is 0 Å². The number of hydrogen-bond donors (Lipinski definition) is 1. The summed E-state index contributed by atoms with van der Waals surface area (Å²) in [5.41, 5.74) is 9.45. The van der Waals surface area contributed by atoms with Crippen molar-refractivity contribution in [3.8, 4) is 21.8 Å². The second-order valence-corrected chi connectivity index (χ2v) is 5.59. The molecule has 0 radical (unpaired) electrons. The maximum absolute atomic E-state index is 13.4. The minimum Gasteiger partial charge on any atom is -0.389 e. The van der Waals surface area contributed by atoms with Crippen LogP contribution < -0.4 is 5.73 Å². The smallest absolute Gasteiger partial charge is 0.126 e. The number of halogens is 1. The van der Waals surface area contributed by atoms with Crippen molar-refractivity contribution in [3.05, 3.63) is 59.9 Å². The Bertz CT molecular complexity index is 750. The van der Waals surface area contributed by atoms with Gasteiger partial charge < -0.3 is 5.73 Å². The van der Waals surface area contributed by atoms with Crippen molar-refractivity contribution in [3.63, 3.8) is 0 Å². The normalized spacial score (nSPS) is 10.7. The number of rotatable bonds is 2. The molecule has 0 spiro atoms. The first-order chi connectivity index (χ1) is 9.65. The fourth-order valence-electron chi connectivity index (χ4n) is 2.08. The number of nitrogens with two attached hydrogens (primary N) is 1. The quantitative estimate of drug-likeness (QED) is 0.752. The molecule has 0 unspecified atom stereocenters. The van der Waals surface area contributed by atoms with Gasteiger partial charge in [0.25, 0.3) is 0 Å². The number of thiazole rings is 1. The highest BCUT2D eigenvalue weighted by atomic mass is 32.1. The van der Waals surface area contributed by atoms with Crippen molar-refractivity contribution in [2.75, 3.05) is 5.73 Å². The van der Waals surface area contributed by atoms with Crippen LogP contribution in [0.4, 0.5) is 9.39 Å². The van der Waals surface area contributed by atoms with E-state index in [4.69, 9.17) is 5.73 Å². The van der Waals surface area contributed by atoms with Gasteiger partial charge >= 0.3 is 0 Å². The van der Waals surface area contributed by atoms with Crippen LogP contribution in [-0.2, 0) is 0 Å². The highest BCUT2D eigenvalue weighted by molar-refractivity contribution is 7.19.